The zero-order valence-corrected chi connectivity index (χ0v) is 19.5. The van der Waals surface area contributed by atoms with E-state index in [1.54, 1.807) is 0 Å². The van der Waals surface area contributed by atoms with E-state index in [-0.39, 0.29) is 29.7 Å². The van der Waals surface area contributed by atoms with Crippen molar-refractivity contribution in [3.8, 4) is 5.75 Å². The van der Waals surface area contributed by atoms with Crippen LogP contribution in [0.25, 0.3) is 0 Å². The molecule has 1 fully saturated rings. The molecule has 1 aliphatic heterocycles. The average molecular weight is 455 g/mol. The van der Waals surface area contributed by atoms with Gasteiger partial charge in [-0.2, -0.15) is 0 Å². The number of nitrogens with zero attached hydrogens (tertiary/aromatic N) is 1. The van der Waals surface area contributed by atoms with Crippen molar-refractivity contribution in [2.75, 3.05) is 39.2 Å². The second-order valence-electron chi connectivity index (χ2n) is 8.19. The maximum atomic E-state index is 12.6. The number of esters is 2. The Kier molecular flexibility index (Phi) is 8.06. The van der Waals surface area contributed by atoms with Crippen molar-refractivity contribution < 1.29 is 28.6 Å². The normalized spacial score (nSPS) is 14.4. The summed E-state index contributed by atoms with van der Waals surface area (Å²) in [6.45, 7) is 5.75. The van der Waals surface area contributed by atoms with Crippen molar-refractivity contribution in [2.45, 2.75) is 32.8 Å². The topological polar surface area (TPSA) is 94.2 Å². The summed E-state index contributed by atoms with van der Waals surface area (Å²) >= 11 is 0. The van der Waals surface area contributed by atoms with Gasteiger partial charge in [-0.1, -0.05) is 12.1 Å². The monoisotopic (exact) mass is 454 g/mol. The minimum Gasteiger partial charge on any atom is -0.490 e. The third-order valence-electron chi connectivity index (χ3n) is 5.60. The molecule has 1 N–H and O–H groups in total. The van der Waals surface area contributed by atoms with E-state index in [1.807, 2.05) is 13.8 Å². The van der Waals surface area contributed by atoms with Gasteiger partial charge in [-0.15, -0.1) is 0 Å². The first-order valence-electron chi connectivity index (χ1n) is 10.9. The van der Waals surface area contributed by atoms with Gasteiger partial charge in [-0.25, -0.2) is 9.59 Å². The van der Waals surface area contributed by atoms with Crippen LogP contribution in [0.2, 0.25) is 0 Å². The van der Waals surface area contributed by atoms with Crippen molar-refractivity contribution in [1.82, 2.24) is 4.90 Å². The van der Waals surface area contributed by atoms with E-state index in [2.05, 4.69) is 28.4 Å². The Balaban J connectivity index is 1.56. The van der Waals surface area contributed by atoms with Crippen molar-refractivity contribution >= 4 is 23.5 Å². The Labute approximate surface area is 193 Å². The van der Waals surface area contributed by atoms with E-state index < -0.39 is 11.9 Å². The van der Waals surface area contributed by atoms with Gasteiger partial charge >= 0.3 is 11.9 Å². The molecule has 1 heterocycles. The van der Waals surface area contributed by atoms with E-state index in [0.717, 1.165) is 42.8 Å². The number of methoxy groups -OCH3 is 2. The molecule has 0 saturated carbocycles. The Morgan fingerprint density at radius 2 is 1.55 bits per heavy atom. The lowest BCUT2D eigenvalue weighted by Gasteiger charge is -2.32. The lowest BCUT2D eigenvalue weighted by Crippen LogP contribution is -2.42. The molecule has 1 saturated heterocycles. The van der Waals surface area contributed by atoms with Crippen LogP contribution in [0.15, 0.2) is 36.4 Å². The molecule has 8 heteroatoms. The van der Waals surface area contributed by atoms with Gasteiger partial charge in [0.2, 0.25) is 5.91 Å². The zero-order chi connectivity index (χ0) is 24.0. The van der Waals surface area contributed by atoms with Crippen LogP contribution in [0.4, 0.5) is 5.69 Å². The summed E-state index contributed by atoms with van der Waals surface area (Å²) in [5, 5.41) is 2.77. The largest absolute Gasteiger partial charge is 0.490 e. The smallest absolute Gasteiger partial charge is 0.337 e. The molecule has 0 spiro atoms. The number of rotatable bonds is 7. The Morgan fingerprint density at radius 3 is 2.12 bits per heavy atom. The lowest BCUT2D eigenvalue weighted by atomic mass is 10.1. The first kappa shape index (κ1) is 24.3. The van der Waals surface area contributed by atoms with Crippen LogP contribution in [-0.2, 0) is 14.3 Å². The fourth-order valence-corrected chi connectivity index (χ4v) is 3.77. The molecule has 176 valence electrons. The highest BCUT2D eigenvalue weighted by atomic mass is 16.5. The number of aryl methyl sites for hydroxylation is 2. The van der Waals surface area contributed by atoms with Crippen molar-refractivity contribution in [2.24, 2.45) is 0 Å². The van der Waals surface area contributed by atoms with Crippen LogP contribution >= 0.6 is 0 Å². The number of amides is 1. The summed E-state index contributed by atoms with van der Waals surface area (Å²) < 4.78 is 15.7. The molecule has 3 rings (SSSR count). The standard InChI is InChI=1S/C25H30N2O6/c1-16-5-6-17(2)22(11-16)33-21-7-9-27(10-8-21)15-23(28)26-20-13-18(24(29)31-3)12-19(14-20)25(30)32-4/h5-6,11-14,21H,7-10,15H2,1-4H3,(H,26,28). The number of likely N-dealkylation sites (tertiary alicyclic amines) is 1. The van der Waals surface area contributed by atoms with E-state index >= 15 is 0 Å². The van der Waals surface area contributed by atoms with Crippen LogP contribution in [0.5, 0.6) is 5.75 Å². The molecule has 0 aliphatic carbocycles. The van der Waals surface area contributed by atoms with Crippen LogP contribution in [0, 0.1) is 13.8 Å². The molecule has 1 amide bonds. The van der Waals surface area contributed by atoms with Gasteiger partial charge in [0.1, 0.15) is 11.9 Å². The van der Waals surface area contributed by atoms with E-state index in [9.17, 15) is 14.4 Å². The number of carbonyl (C=O) groups excluding carboxylic acids is 3. The third kappa shape index (κ3) is 6.55. The number of carbonyl (C=O) groups is 3. The molecular formula is C25H30N2O6. The molecule has 2 aromatic rings. The van der Waals surface area contributed by atoms with Gasteiger partial charge in [0, 0.05) is 18.8 Å². The third-order valence-corrected chi connectivity index (χ3v) is 5.60. The predicted octanol–water partition coefficient (Wildman–Crippen LogP) is 3.36. The first-order chi connectivity index (χ1) is 15.8. The summed E-state index contributed by atoms with van der Waals surface area (Å²) in [4.78, 5) is 38.5. The van der Waals surface area contributed by atoms with E-state index in [1.165, 1.54) is 32.4 Å². The molecule has 1 aliphatic rings. The fraction of sp³-hybridized carbons (Fsp3) is 0.400. The van der Waals surface area contributed by atoms with Crippen LogP contribution in [0.1, 0.15) is 44.7 Å². The number of benzene rings is 2. The van der Waals surface area contributed by atoms with Gasteiger partial charge in [0.05, 0.1) is 31.9 Å². The number of anilines is 1. The number of nitrogens with one attached hydrogen (secondary N) is 1. The number of hydrogen-bond donors (Lipinski definition) is 1. The van der Waals surface area contributed by atoms with Crippen LogP contribution in [0.3, 0.4) is 0 Å². The van der Waals surface area contributed by atoms with Crippen LogP contribution in [-0.4, -0.2) is 62.7 Å². The molecule has 0 bridgehead atoms. The van der Waals surface area contributed by atoms with Crippen LogP contribution < -0.4 is 10.1 Å². The van der Waals surface area contributed by atoms with Crippen molar-refractivity contribution in [1.29, 1.82) is 0 Å². The van der Waals surface area contributed by atoms with Gasteiger partial charge in [0.25, 0.3) is 0 Å². The minimum atomic E-state index is -0.609. The average Bonchev–Trinajstić information content (AvgIpc) is 2.81. The summed E-state index contributed by atoms with van der Waals surface area (Å²) in [6, 6.07) is 10.5. The number of hydrogen-bond acceptors (Lipinski definition) is 7. The summed E-state index contributed by atoms with van der Waals surface area (Å²) in [5.74, 6) is -0.538. The quantitative estimate of drug-likeness (QED) is 0.641. The Hall–Kier alpha value is -3.39. The molecule has 0 radical (unpaired) electrons. The van der Waals surface area contributed by atoms with Gasteiger partial charge < -0.3 is 19.5 Å². The minimum absolute atomic E-state index is 0.115. The fourth-order valence-electron chi connectivity index (χ4n) is 3.77. The van der Waals surface area contributed by atoms with Crippen molar-refractivity contribution in [3.05, 3.63) is 58.7 Å². The summed E-state index contributed by atoms with van der Waals surface area (Å²) in [5.41, 5.74) is 2.91. The first-order valence-corrected chi connectivity index (χ1v) is 10.9. The number of piperidine rings is 1. The van der Waals surface area contributed by atoms with E-state index in [0.29, 0.717) is 5.69 Å². The second-order valence-corrected chi connectivity index (χ2v) is 8.19. The predicted molar refractivity (Wildman–Crippen MR) is 124 cm³/mol. The molecule has 0 aromatic heterocycles. The highest BCUT2D eigenvalue weighted by Gasteiger charge is 2.23. The molecule has 8 nitrogen and oxygen atoms in total. The highest BCUT2D eigenvalue weighted by molar-refractivity contribution is 5.99. The molecule has 0 unspecified atom stereocenters. The SMILES string of the molecule is COC(=O)c1cc(NC(=O)CN2CCC(Oc3cc(C)ccc3C)CC2)cc(C(=O)OC)c1. The molecule has 0 atom stereocenters. The Bertz CT molecular complexity index is 993. The van der Waals surface area contributed by atoms with Gasteiger partial charge in [-0.3, -0.25) is 9.69 Å². The second kappa shape index (κ2) is 11.0. The summed E-state index contributed by atoms with van der Waals surface area (Å²) in [6.07, 6.45) is 1.76. The highest BCUT2D eigenvalue weighted by Crippen LogP contribution is 2.24. The summed E-state index contributed by atoms with van der Waals surface area (Å²) in [7, 11) is 2.50. The molecule has 33 heavy (non-hydrogen) atoms. The lowest BCUT2D eigenvalue weighted by molar-refractivity contribution is -0.117. The van der Waals surface area contributed by atoms with Gasteiger partial charge in [-0.05, 0) is 62.1 Å². The number of ether oxygens (including phenoxy) is 3. The maximum absolute atomic E-state index is 12.6. The molecular weight excluding hydrogens is 424 g/mol. The van der Waals surface area contributed by atoms with Crippen molar-refractivity contribution in [3.63, 3.8) is 0 Å². The zero-order valence-electron chi connectivity index (χ0n) is 19.5. The molecule has 2 aromatic carbocycles. The van der Waals surface area contributed by atoms with E-state index in [4.69, 9.17) is 14.2 Å². The Morgan fingerprint density at radius 1 is 0.939 bits per heavy atom. The maximum Gasteiger partial charge on any atom is 0.337 e. The van der Waals surface area contributed by atoms with Gasteiger partial charge in [0.15, 0.2) is 0 Å².